The highest BCUT2D eigenvalue weighted by Gasteiger charge is 2.29. The van der Waals surface area contributed by atoms with Gasteiger partial charge in [-0.1, -0.05) is 37.6 Å². The Bertz CT molecular complexity index is 908. The lowest BCUT2D eigenvalue weighted by molar-refractivity contribution is 0.0616. The van der Waals surface area contributed by atoms with Crippen molar-refractivity contribution in [3.05, 3.63) is 59.7 Å². The third-order valence-electron chi connectivity index (χ3n) is 5.25. The fourth-order valence-electron chi connectivity index (χ4n) is 3.69. The Labute approximate surface area is 170 Å². The predicted molar refractivity (Wildman–Crippen MR) is 110 cm³/mol. The van der Waals surface area contributed by atoms with Crippen molar-refractivity contribution in [1.82, 2.24) is 4.90 Å². The molecular formula is C23H25NO5. The maximum atomic E-state index is 13.2. The highest BCUT2D eigenvalue weighted by atomic mass is 16.5. The molecule has 2 aromatic carbocycles. The lowest BCUT2D eigenvalue weighted by Gasteiger charge is -2.30. The molecule has 1 atom stereocenters. The summed E-state index contributed by atoms with van der Waals surface area (Å²) in [6.45, 7) is 4.52. The van der Waals surface area contributed by atoms with Gasteiger partial charge >= 0.3 is 0 Å². The SMILES string of the molecule is C=Cc1c(O)cccc1OC[C@@H]1CCCCCN1C(=O)c1cccc(O)c1C=O. The van der Waals surface area contributed by atoms with Crippen molar-refractivity contribution in [2.75, 3.05) is 13.2 Å². The van der Waals surface area contributed by atoms with Crippen molar-refractivity contribution < 1.29 is 24.5 Å². The summed E-state index contributed by atoms with van der Waals surface area (Å²) < 4.78 is 5.96. The number of likely N-dealkylation sites (tertiary alicyclic amines) is 1. The lowest BCUT2D eigenvalue weighted by atomic mass is 10.0. The van der Waals surface area contributed by atoms with Gasteiger partial charge in [0.1, 0.15) is 23.9 Å². The Morgan fingerprint density at radius 1 is 1.10 bits per heavy atom. The van der Waals surface area contributed by atoms with Gasteiger partial charge in [-0.25, -0.2) is 0 Å². The Morgan fingerprint density at radius 3 is 2.55 bits per heavy atom. The van der Waals surface area contributed by atoms with Crippen LogP contribution in [0.5, 0.6) is 17.2 Å². The molecule has 0 bridgehead atoms. The number of rotatable bonds is 6. The van der Waals surface area contributed by atoms with Gasteiger partial charge in [-0.3, -0.25) is 9.59 Å². The van der Waals surface area contributed by atoms with Crippen LogP contribution in [0.2, 0.25) is 0 Å². The van der Waals surface area contributed by atoms with Crippen LogP contribution in [-0.4, -0.2) is 46.5 Å². The van der Waals surface area contributed by atoms with Gasteiger partial charge in [-0.05, 0) is 37.1 Å². The van der Waals surface area contributed by atoms with Crippen molar-refractivity contribution in [2.24, 2.45) is 0 Å². The molecule has 1 amide bonds. The first kappa shape index (κ1) is 20.5. The van der Waals surface area contributed by atoms with E-state index in [1.807, 2.05) is 0 Å². The van der Waals surface area contributed by atoms with E-state index >= 15 is 0 Å². The van der Waals surface area contributed by atoms with Gasteiger partial charge < -0.3 is 19.8 Å². The number of hydrogen-bond donors (Lipinski definition) is 2. The smallest absolute Gasteiger partial charge is 0.255 e. The monoisotopic (exact) mass is 395 g/mol. The van der Waals surface area contributed by atoms with Crippen LogP contribution in [0.15, 0.2) is 43.0 Å². The molecule has 0 unspecified atom stereocenters. The van der Waals surface area contributed by atoms with Crippen molar-refractivity contribution >= 4 is 18.3 Å². The van der Waals surface area contributed by atoms with Gasteiger partial charge in [-0.2, -0.15) is 0 Å². The van der Waals surface area contributed by atoms with Crippen LogP contribution >= 0.6 is 0 Å². The molecule has 1 aliphatic rings. The number of phenolic OH excluding ortho intramolecular Hbond substituents is 2. The fourth-order valence-corrected chi connectivity index (χ4v) is 3.69. The number of carbonyl (C=O) groups excluding carboxylic acids is 2. The molecule has 152 valence electrons. The van der Waals surface area contributed by atoms with Crippen molar-refractivity contribution in [3.8, 4) is 17.2 Å². The summed E-state index contributed by atoms with van der Waals surface area (Å²) in [5, 5.41) is 19.9. The molecule has 0 saturated carbocycles. The minimum atomic E-state index is -0.293. The van der Waals surface area contributed by atoms with Crippen LogP contribution in [0.3, 0.4) is 0 Å². The van der Waals surface area contributed by atoms with Gasteiger partial charge in [0.2, 0.25) is 0 Å². The summed E-state index contributed by atoms with van der Waals surface area (Å²) in [5.74, 6) is 0.0893. The van der Waals surface area contributed by atoms with Crippen LogP contribution in [0.25, 0.3) is 6.08 Å². The fraction of sp³-hybridized carbons (Fsp3) is 0.304. The molecule has 6 nitrogen and oxygen atoms in total. The quantitative estimate of drug-likeness (QED) is 0.722. The average Bonchev–Trinajstić information content (AvgIpc) is 2.97. The minimum Gasteiger partial charge on any atom is -0.507 e. The lowest BCUT2D eigenvalue weighted by Crippen LogP contribution is -2.43. The van der Waals surface area contributed by atoms with E-state index in [1.54, 1.807) is 35.2 Å². The number of aromatic hydroxyl groups is 2. The summed E-state index contributed by atoms with van der Waals surface area (Å²) in [6.07, 6.45) is 5.64. The number of carbonyl (C=O) groups is 2. The molecule has 6 heteroatoms. The molecule has 1 saturated heterocycles. The second kappa shape index (κ2) is 9.28. The van der Waals surface area contributed by atoms with E-state index in [9.17, 15) is 19.8 Å². The van der Waals surface area contributed by atoms with E-state index in [0.29, 0.717) is 24.1 Å². The number of hydrogen-bond acceptors (Lipinski definition) is 5. The first-order chi connectivity index (χ1) is 14.1. The topological polar surface area (TPSA) is 87.1 Å². The molecule has 0 spiro atoms. The van der Waals surface area contributed by atoms with E-state index < -0.39 is 0 Å². The van der Waals surface area contributed by atoms with Crippen molar-refractivity contribution in [3.63, 3.8) is 0 Å². The van der Waals surface area contributed by atoms with E-state index in [4.69, 9.17) is 4.74 Å². The summed E-state index contributed by atoms with van der Waals surface area (Å²) in [6, 6.07) is 9.32. The minimum absolute atomic E-state index is 0.00309. The zero-order valence-corrected chi connectivity index (χ0v) is 16.2. The molecule has 1 aliphatic heterocycles. The third kappa shape index (κ3) is 4.42. The van der Waals surface area contributed by atoms with Gasteiger partial charge in [0, 0.05) is 6.54 Å². The van der Waals surface area contributed by atoms with Gasteiger partial charge in [0.25, 0.3) is 5.91 Å². The van der Waals surface area contributed by atoms with E-state index in [-0.39, 0.29) is 41.2 Å². The average molecular weight is 395 g/mol. The Kier molecular flexibility index (Phi) is 6.54. The molecule has 0 radical (unpaired) electrons. The summed E-state index contributed by atoms with van der Waals surface area (Å²) in [4.78, 5) is 26.4. The van der Waals surface area contributed by atoms with Crippen LogP contribution < -0.4 is 4.74 Å². The number of amides is 1. The number of phenols is 2. The highest BCUT2D eigenvalue weighted by molar-refractivity contribution is 6.03. The Morgan fingerprint density at radius 2 is 1.83 bits per heavy atom. The van der Waals surface area contributed by atoms with Crippen molar-refractivity contribution in [2.45, 2.75) is 31.7 Å². The Balaban J connectivity index is 1.84. The largest absolute Gasteiger partial charge is 0.507 e. The molecule has 29 heavy (non-hydrogen) atoms. The summed E-state index contributed by atoms with van der Waals surface area (Å²) >= 11 is 0. The van der Waals surface area contributed by atoms with Gasteiger partial charge in [0.05, 0.1) is 22.7 Å². The maximum absolute atomic E-state index is 13.2. The summed E-state index contributed by atoms with van der Waals surface area (Å²) in [5.41, 5.74) is 0.703. The van der Waals surface area contributed by atoms with E-state index in [2.05, 4.69) is 6.58 Å². The third-order valence-corrected chi connectivity index (χ3v) is 5.25. The maximum Gasteiger partial charge on any atom is 0.255 e. The molecule has 0 aliphatic carbocycles. The van der Waals surface area contributed by atoms with E-state index in [0.717, 1.165) is 25.7 Å². The number of benzene rings is 2. The molecule has 2 N–H and O–H groups in total. The van der Waals surface area contributed by atoms with Crippen LogP contribution in [-0.2, 0) is 0 Å². The van der Waals surface area contributed by atoms with Gasteiger partial charge in [0.15, 0.2) is 6.29 Å². The number of aldehydes is 1. The molecular weight excluding hydrogens is 370 g/mol. The second-order valence-corrected chi connectivity index (χ2v) is 7.06. The van der Waals surface area contributed by atoms with Gasteiger partial charge in [-0.15, -0.1) is 0 Å². The van der Waals surface area contributed by atoms with Crippen LogP contribution in [0, 0.1) is 0 Å². The first-order valence-corrected chi connectivity index (χ1v) is 9.72. The molecule has 1 fully saturated rings. The number of nitrogens with zero attached hydrogens (tertiary/aromatic N) is 1. The molecule has 0 aromatic heterocycles. The van der Waals surface area contributed by atoms with E-state index in [1.165, 1.54) is 12.1 Å². The van der Waals surface area contributed by atoms with Crippen LogP contribution in [0.1, 0.15) is 52.0 Å². The molecule has 3 rings (SSSR count). The zero-order valence-electron chi connectivity index (χ0n) is 16.2. The zero-order chi connectivity index (χ0) is 20.8. The predicted octanol–water partition coefficient (Wildman–Crippen LogP) is 4.02. The van der Waals surface area contributed by atoms with Crippen LogP contribution in [0.4, 0.5) is 0 Å². The number of ether oxygens (including phenoxy) is 1. The van der Waals surface area contributed by atoms with Crippen molar-refractivity contribution in [1.29, 1.82) is 0 Å². The molecule has 2 aromatic rings. The molecule has 1 heterocycles. The highest BCUT2D eigenvalue weighted by Crippen LogP contribution is 2.30. The summed E-state index contributed by atoms with van der Waals surface area (Å²) in [7, 11) is 0. The normalized spacial score (nSPS) is 16.7. The second-order valence-electron chi connectivity index (χ2n) is 7.06. The standard InChI is InChI=1S/C23H25NO5/c1-2-17-20(26)11-7-12-22(17)29-15-16-8-4-3-5-13-24(16)23(28)18-9-6-10-21(27)19(18)14-25/h2,6-7,9-12,14,16,26-27H,1,3-5,8,13,15H2/t16-/m0/s1. The first-order valence-electron chi connectivity index (χ1n) is 9.72. The Hall–Kier alpha value is -3.28.